The van der Waals surface area contributed by atoms with Gasteiger partial charge in [0.2, 0.25) is 0 Å². The van der Waals surface area contributed by atoms with Crippen molar-refractivity contribution in [1.82, 2.24) is 15.6 Å². The molecule has 1 aromatic heterocycles. The largest absolute Gasteiger partial charge is 0.371 e. The summed E-state index contributed by atoms with van der Waals surface area (Å²) in [6.45, 7) is 3.01. The molecule has 0 bridgehead atoms. The van der Waals surface area contributed by atoms with Crippen molar-refractivity contribution in [3.8, 4) is 0 Å². The SMILES string of the molecule is O=C(NCCNc1ccc2ccccc2n1)NCC1CCN(c2ccc(F)c(F)c2)C1. The molecule has 0 radical (unpaired) electrons. The molecule has 3 aromatic rings. The Morgan fingerprint density at radius 3 is 2.77 bits per heavy atom. The molecular formula is C23H25F2N5O. The lowest BCUT2D eigenvalue weighted by Gasteiger charge is -2.19. The highest BCUT2D eigenvalue weighted by Crippen LogP contribution is 2.25. The molecule has 162 valence electrons. The van der Waals surface area contributed by atoms with Gasteiger partial charge in [-0.3, -0.25) is 0 Å². The highest BCUT2D eigenvalue weighted by atomic mass is 19.2. The van der Waals surface area contributed by atoms with E-state index in [1.54, 1.807) is 6.07 Å². The predicted octanol–water partition coefficient (Wildman–Crippen LogP) is 3.75. The fourth-order valence-corrected chi connectivity index (χ4v) is 3.75. The third kappa shape index (κ3) is 5.39. The van der Waals surface area contributed by atoms with E-state index < -0.39 is 11.6 Å². The maximum atomic E-state index is 13.4. The van der Waals surface area contributed by atoms with Crippen LogP contribution in [-0.2, 0) is 0 Å². The minimum absolute atomic E-state index is 0.223. The second kappa shape index (κ2) is 9.59. The number of anilines is 2. The monoisotopic (exact) mass is 425 g/mol. The van der Waals surface area contributed by atoms with Crippen molar-refractivity contribution in [3.63, 3.8) is 0 Å². The van der Waals surface area contributed by atoms with Crippen molar-refractivity contribution in [2.75, 3.05) is 42.9 Å². The first-order valence-electron chi connectivity index (χ1n) is 10.4. The quantitative estimate of drug-likeness (QED) is 0.505. The zero-order valence-corrected chi connectivity index (χ0v) is 17.1. The number of nitrogens with one attached hydrogen (secondary N) is 3. The maximum Gasteiger partial charge on any atom is 0.314 e. The van der Waals surface area contributed by atoms with E-state index in [0.29, 0.717) is 31.9 Å². The van der Waals surface area contributed by atoms with Gasteiger partial charge in [-0.2, -0.15) is 0 Å². The summed E-state index contributed by atoms with van der Waals surface area (Å²) in [7, 11) is 0. The van der Waals surface area contributed by atoms with E-state index in [4.69, 9.17) is 0 Å². The molecule has 31 heavy (non-hydrogen) atoms. The number of rotatable bonds is 7. The molecule has 2 amide bonds. The van der Waals surface area contributed by atoms with E-state index in [2.05, 4.69) is 20.9 Å². The number of amides is 2. The normalized spacial score (nSPS) is 15.8. The predicted molar refractivity (Wildman–Crippen MR) is 118 cm³/mol. The van der Waals surface area contributed by atoms with E-state index in [-0.39, 0.29) is 11.9 Å². The summed E-state index contributed by atoms with van der Waals surface area (Å²) < 4.78 is 26.5. The third-order valence-corrected chi connectivity index (χ3v) is 5.42. The minimum atomic E-state index is -0.844. The zero-order valence-electron chi connectivity index (χ0n) is 17.1. The van der Waals surface area contributed by atoms with Crippen molar-refractivity contribution < 1.29 is 13.6 Å². The Balaban J connectivity index is 1.15. The van der Waals surface area contributed by atoms with Crippen LogP contribution in [0.3, 0.4) is 0 Å². The van der Waals surface area contributed by atoms with E-state index in [1.807, 2.05) is 41.3 Å². The Hall–Kier alpha value is -3.42. The van der Waals surface area contributed by atoms with E-state index in [9.17, 15) is 13.6 Å². The fraction of sp³-hybridized carbons (Fsp3) is 0.304. The maximum absolute atomic E-state index is 13.4. The van der Waals surface area contributed by atoms with Crippen LogP contribution >= 0.6 is 0 Å². The average Bonchev–Trinajstić information content (AvgIpc) is 3.26. The summed E-state index contributed by atoms with van der Waals surface area (Å²) in [5.41, 5.74) is 1.59. The molecule has 0 spiro atoms. The van der Waals surface area contributed by atoms with Gasteiger partial charge < -0.3 is 20.9 Å². The van der Waals surface area contributed by atoms with Gasteiger partial charge in [0, 0.05) is 49.9 Å². The number of aromatic nitrogens is 1. The Bertz CT molecular complexity index is 1060. The lowest BCUT2D eigenvalue weighted by molar-refractivity contribution is 0.239. The summed E-state index contributed by atoms with van der Waals surface area (Å²) in [5.74, 6) is -0.655. The van der Waals surface area contributed by atoms with Crippen molar-refractivity contribution >= 4 is 28.4 Å². The Morgan fingerprint density at radius 2 is 1.90 bits per heavy atom. The molecule has 0 aliphatic carbocycles. The second-order valence-corrected chi connectivity index (χ2v) is 7.65. The van der Waals surface area contributed by atoms with E-state index >= 15 is 0 Å². The molecule has 6 nitrogen and oxygen atoms in total. The lowest BCUT2D eigenvalue weighted by atomic mass is 10.1. The number of hydrogen-bond donors (Lipinski definition) is 3. The second-order valence-electron chi connectivity index (χ2n) is 7.65. The number of urea groups is 1. The summed E-state index contributed by atoms with van der Waals surface area (Å²) in [6, 6.07) is 15.6. The zero-order chi connectivity index (χ0) is 21.6. The van der Waals surface area contributed by atoms with Crippen molar-refractivity contribution in [1.29, 1.82) is 0 Å². The van der Waals surface area contributed by atoms with Crippen LogP contribution in [0, 0.1) is 17.6 Å². The van der Waals surface area contributed by atoms with Gasteiger partial charge >= 0.3 is 6.03 Å². The van der Waals surface area contributed by atoms with Crippen molar-refractivity contribution in [3.05, 3.63) is 66.2 Å². The van der Waals surface area contributed by atoms with Gasteiger partial charge in [-0.15, -0.1) is 0 Å². The molecule has 3 N–H and O–H groups in total. The number of hydrogen-bond acceptors (Lipinski definition) is 4. The van der Waals surface area contributed by atoms with Crippen LogP contribution in [0.1, 0.15) is 6.42 Å². The first-order chi connectivity index (χ1) is 15.1. The third-order valence-electron chi connectivity index (χ3n) is 5.42. The van der Waals surface area contributed by atoms with Crippen LogP contribution in [0.2, 0.25) is 0 Å². The standard InChI is InChI=1S/C23H25F2N5O/c24-19-7-6-18(13-20(19)25)30-12-9-16(15-30)14-28-23(31)27-11-10-26-22-8-5-17-3-1-2-4-21(17)29-22/h1-8,13,16H,9-12,14-15H2,(H,26,29)(H2,27,28,31). The molecular weight excluding hydrogens is 400 g/mol. The topological polar surface area (TPSA) is 69.3 Å². The number of carbonyl (C=O) groups excluding carboxylic acids is 1. The molecule has 1 aliphatic rings. The van der Waals surface area contributed by atoms with Gasteiger partial charge in [0.05, 0.1) is 5.52 Å². The van der Waals surface area contributed by atoms with Crippen LogP contribution in [0.5, 0.6) is 0 Å². The van der Waals surface area contributed by atoms with Gasteiger partial charge in [-0.25, -0.2) is 18.6 Å². The van der Waals surface area contributed by atoms with Crippen LogP contribution in [0.25, 0.3) is 10.9 Å². The number of carbonyl (C=O) groups is 1. The van der Waals surface area contributed by atoms with Gasteiger partial charge in [-0.1, -0.05) is 18.2 Å². The highest BCUT2D eigenvalue weighted by molar-refractivity contribution is 5.80. The first-order valence-corrected chi connectivity index (χ1v) is 10.4. The van der Waals surface area contributed by atoms with Crippen LogP contribution in [-0.4, -0.2) is 43.7 Å². The first kappa shape index (κ1) is 20.8. The molecule has 8 heteroatoms. The lowest BCUT2D eigenvalue weighted by Crippen LogP contribution is -2.40. The summed E-state index contributed by atoms with van der Waals surface area (Å²) in [5, 5.41) is 10.00. The van der Waals surface area contributed by atoms with Crippen molar-refractivity contribution in [2.45, 2.75) is 6.42 Å². The Labute approximate surface area is 179 Å². The molecule has 1 saturated heterocycles. The number of halogens is 2. The van der Waals surface area contributed by atoms with Crippen LogP contribution in [0.15, 0.2) is 54.6 Å². The number of fused-ring (bicyclic) bond motifs is 1. The highest BCUT2D eigenvalue weighted by Gasteiger charge is 2.23. The van der Waals surface area contributed by atoms with Crippen molar-refractivity contribution in [2.24, 2.45) is 5.92 Å². The smallest absolute Gasteiger partial charge is 0.314 e. The van der Waals surface area contributed by atoms with E-state index in [0.717, 1.165) is 35.8 Å². The molecule has 4 rings (SSSR count). The molecule has 1 aliphatic heterocycles. The van der Waals surface area contributed by atoms with Crippen LogP contribution in [0.4, 0.5) is 25.1 Å². The summed E-state index contributed by atoms with van der Waals surface area (Å²) >= 11 is 0. The number of pyridine rings is 1. The van der Waals surface area contributed by atoms with Crippen LogP contribution < -0.4 is 20.9 Å². The van der Waals surface area contributed by atoms with E-state index in [1.165, 1.54) is 6.07 Å². The number of nitrogens with zero attached hydrogens (tertiary/aromatic N) is 2. The summed E-state index contributed by atoms with van der Waals surface area (Å²) in [4.78, 5) is 18.6. The molecule has 0 saturated carbocycles. The fourth-order valence-electron chi connectivity index (χ4n) is 3.75. The van der Waals surface area contributed by atoms with Gasteiger partial charge in [0.1, 0.15) is 5.82 Å². The molecule has 2 heterocycles. The molecule has 1 fully saturated rings. The average molecular weight is 425 g/mol. The number of para-hydroxylation sites is 1. The minimum Gasteiger partial charge on any atom is -0.371 e. The Kier molecular flexibility index (Phi) is 6.45. The molecule has 2 aromatic carbocycles. The Morgan fingerprint density at radius 1 is 1.03 bits per heavy atom. The van der Waals surface area contributed by atoms with Gasteiger partial charge in [-0.05, 0) is 42.7 Å². The van der Waals surface area contributed by atoms with Gasteiger partial charge in [0.25, 0.3) is 0 Å². The van der Waals surface area contributed by atoms with Gasteiger partial charge in [0.15, 0.2) is 11.6 Å². The molecule has 1 atom stereocenters. The molecule has 1 unspecified atom stereocenters. The number of benzene rings is 2. The summed E-state index contributed by atoms with van der Waals surface area (Å²) in [6.07, 6.45) is 0.883.